The van der Waals surface area contributed by atoms with Crippen molar-refractivity contribution in [3.63, 3.8) is 0 Å². The Kier molecular flexibility index (Phi) is 4.97. The second-order valence-corrected chi connectivity index (χ2v) is 5.76. The maximum absolute atomic E-state index is 12.2. The van der Waals surface area contributed by atoms with Crippen molar-refractivity contribution in [2.45, 2.75) is 51.6 Å². The zero-order chi connectivity index (χ0) is 13.7. The normalized spacial score (nSPS) is 24.7. The van der Waals surface area contributed by atoms with Crippen LogP contribution in [0, 0.1) is 5.92 Å². The lowest BCUT2D eigenvalue weighted by Gasteiger charge is -2.28. The highest BCUT2D eigenvalue weighted by atomic mass is 16.2. The van der Waals surface area contributed by atoms with E-state index in [-0.39, 0.29) is 11.9 Å². The van der Waals surface area contributed by atoms with Gasteiger partial charge >= 0.3 is 0 Å². The molecule has 1 aliphatic rings. The molecule has 1 fully saturated rings. The molecule has 0 spiro atoms. The van der Waals surface area contributed by atoms with E-state index in [0.29, 0.717) is 6.04 Å². The molecule has 3 N–H and O–H groups in total. The Morgan fingerprint density at radius 1 is 1.26 bits per heavy atom. The molecule has 1 aromatic rings. The number of amides is 1. The summed E-state index contributed by atoms with van der Waals surface area (Å²) in [6.07, 6.45) is 5.19. The number of anilines is 1. The van der Waals surface area contributed by atoms with E-state index in [4.69, 9.17) is 0 Å². The summed E-state index contributed by atoms with van der Waals surface area (Å²) in [4.78, 5) is 12.2. The third-order valence-corrected chi connectivity index (χ3v) is 4.17. The molecular weight excluding hydrogens is 236 g/mol. The van der Waals surface area contributed by atoms with Crippen molar-refractivity contribution in [3.05, 3.63) is 30.3 Å². The number of nitrogens with two attached hydrogens (primary N) is 1. The molecule has 0 aromatic heterocycles. The van der Waals surface area contributed by atoms with Crippen LogP contribution in [-0.2, 0) is 4.79 Å². The molecule has 3 heteroatoms. The summed E-state index contributed by atoms with van der Waals surface area (Å²) in [6, 6.07) is 10.3. The number of carbonyl (C=O) groups excluding carboxylic acids is 1. The van der Waals surface area contributed by atoms with Crippen LogP contribution in [0.2, 0.25) is 0 Å². The number of hydrogen-bond donors (Lipinski definition) is 2. The molecule has 104 valence electrons. The van der Waals surface area contributed by atoms with Crippen molar-refractivity contribution in [1.29, 1.82) is 0 Å². The summed E-state index contributed by atoms with van der Waals surface area (Å²) in [7, 11) is 0. The van der Waals surface area contributed by atoms with Crippen LogP contribution >= 0.6 is 0 Å². The Balaban J connectivity index is 1.85. The van der Waals surface area contributed by atoms with Crippen molar-refractivity contribution < 1.29 is 10.1 Å². The van der Waals surface area contributed by atoms with E-state index >= 15 is 0 Å². The van der Waals surface area contributed by atoms with Crippen LogP contribution in [0.3, 0.4) is 0 Å². The third kappa shape index (κ3) is 4.06. The fourth-order valence-corrected chi connectivity index (χ4v) is 2.87. The van der Waals surface area contributed by atoms with Crippen molar-refractivity contribution in [3.8, 4) is 0 Å². The molecule has 1 saturated carbocycles. The minimum atomic E-state index is -0.0224. The van der Waals surface area contributed by atoms with Crippen LogP contribution in [0.25, 0.3) is 0 Å². The maximum Gasteiger partial charge on any atom is 0.282 e. The van der Waals surface area contributed by atoms with Gasteiger partial charge in [0, 0.05) is 11.6 Å². The third-order valence-electron chi connectivity index (χ3n) is 4.17. The summed E-state index contributed by atoms with van der Waals surface area (Å²) in [5.74, 6) is 0.824. The summed E-state index contributed by atoms with van der Waals surface area (Å²) >= 11 is 0. The van der Waals surface area contributed by atoms with E-state index in [1.54, 1.807) is 0 Å². The molecular formula is C16H25N2O+. The first-order valence-electron chi connectivity index (χ1n) is 7.37. The summed E-state index contributed by atoms with van der Waals surface area (Å²) in [5.41, 5.74) is 0.879. The number of benzene rings is 1. The van der Waals surface area contributed by atoms with E-state index in [0.717, 1.165) is 11.6 Å². The molecule has 2 rings (SSSR count). The SMILES string of the molecule is C[C@H]([NH2+][C@H]1CCCC[C@H]1C)C(=O)Nc1ccccc1. The molecule has 0 bridgehead atoms. The van der Waals surface area contributed by atoms with Crippen LogP contribution in [0.1, 0.15) is 39.5 Å². The van der Waals surface area contributed by atoms with Gasteiger partial charge < -0.3 is 10.6 Å². The fraction of sp³-hybridized carbons (Fsp3) is 0.562. The van der Waals surface area contributed by atoms with E-state index < -0.39 is 0 Å². The highest BCUT2D eigenvalue weighted by Gasteiger charge is 2.28. The van der Waals surface area contributed by atoms with E-state index in [1.807, 2.05) is 37.3 Å². The first-order valence-corrected chi connectivity index (χ1v) is 7.37. The molecule has 1 amide bonds. The minimum absolute atomic E-state index is 0.0224. The average Bonchev–Trinajstić information content (AvgIpc) is 2.42. The van der Waals surface area contributed by atoms with Gasteiger partial charge in [0.1, 0.15) is 0 Å². The van der Waals surface area contributed by atoms with Crippen LogP contribution < -0.4 is 10.6 Å². The summed E-state index contributed by atoms with van der Waals surface area (Å²) in [5, 5.41) is 5.23. The molecule has 3 nitrogen and oxygen atoms in total. The largest absolute Gasteiger partial charge is 0.334 e. The highest BCUT2D eigenvalue weighted by molar-refractivity contribution is 5.93. The second-order valence-electron chi connectivity index (χ2n) is 5.76. The molecule has 0 unspecified atom stereocenters. The molecule has 0 aliphatic heterocycles. The van der Waals surface area contributed by atoms with Gasteiger partial charge in [0.15, 0.2) is 6.04 Å². The standard InChI is InChI=1S/C16H24N2O/c1-12-8-6-7-11-15(12)17-13(2)16(19)18-14-9-4-3-5-10-14/h3-5,9-10,12-13,15,17H,6-8,11H2,1-2H3,(H,18,19)/p+1/t12-,13+,15+/m1/s1. The summed E-state index contributed by atoms with van der Waals surface area (Å²) < 4.78 is 0. The van der Waals surface area contributed by atoms with E-state index in [9.17, 15) is 4.79 Å². The van der Waals surface area contributed by atoms with Gasteiger partial charge in [-0.25, -0.2) is 0 Å². The smallest absolute Gasteiger partial charge is 0.282 e. The fourth-order valence-electron chi connectivity index (χ4n) is 2.87. The number of rotatable bonds is 4. The lowest BCUT2D eigenvalue weighted by molar-refractivity contribution is -0.714. The lowest BCUT2D eigenvalue weighted by Crippen LogP contribution is -2.97. The van der Waals surface area contributed by atoms with Crippen LogP contribution in [-0.4, -0.2) is 18.0 Å². The van der Waals surface area contributed by atoms with Crippen LogP contribution in [0.5, 0.6) is 0 Å². The Bertz CT molecular complexity index is 404. The predicted octanol–water partition coefficient (Wildman–Crippen LogP) is 2.16. The van der Waals surface area contributed by atoms with Gasteiger partial charge in [-0.1, -0.05) is 31.5 Å². The van der Waals surface area contributed by atoms with Crippen LogP contribution in [0.4, 0.5) is 5.69 Å². The molecule has 0 saturated heterocycles. The van der Waals surface area contributed by atoms with Crippen LogP contribution in [0.15, 0.2) is 30.3 Å². The molecule has 1 aliphatic carbocycles. The van der Waals surface area contributed by atoms with Gasteiger partial charge in [-0.2, -0.15) is 0 Å². The number of carbonyl (C=O) groups is 1. The van der Waals surface area contributed by atoms with Gasteiger partial charge in [-0.3, -0.25) is 4.79 Å². The summed E-state index contributed by atoms with van der Waals surface area (Å²) in [6.45, 7) is 4.31. The number of hydrogen-bond acceptors (Lipinski definition) is 1. The van der Waals surface area contributed by atoms with Gasteiger partial charge in [0.2, 0.25) is 0 Å². The van der Waals surface area contributed by atoms with E-state index in [2.05, 4.69) is 17.6 Å². The quantitative estimate of drug-likeness (QED) is 0.857. The molecule has 0 radical (unpaired) electrons. The number of para-hydroxylation sites is 1. The number of quaternary nitrogens is 1. The molecule has 3 atom stereocenters. The Morgan fingerprint density at radius 2 is 1.95 bits per heavy atom. The van der Waals surface area contributed by atoms with Crippen molar-refractivity contribution in [1.82, 2.24) is 0 Å². The van der Waals surface area contributed by atoms with Crippen molar-refractivity contribution in [2.24, 2.45) is 5.92 Å². The number of nitrogens with one attached hydrogen (secondary N) is 1. The van der Waals surface area contributed by atoms with E-state index in [1.165, 1.54) is 25.7 Å². The molecule has 0 heterocycles. The molecule has 19 heavy (non-hydrogen) atoms. The Hall–Kier alpha value is -1.35. The Morgan fingerprint density at radius 3 is 2.63 bits per heavy atom. The van der Waals surface area contributed by atoms with Crippen molar-refractivity contribution >= 4 is 11.6 Å². The average molecular weight is 261 g/mol. The maximum atomic E-state index is 12.2. The second kappa shape index (κ2) is 6.71. The molecule has 1 aromatic carbocycles. The van der Waals surface area contributed by atoms with Crippen molar-refractivity contribution in [2.75, 3.05) is 5.32 Å². The first-order chi connectivity index (χ1) is 9.16. The van der Waals surface area contributed by atoms with Gasteiger partial charge in [0.05, 0.1) is 6.04 Å². The predicted molar refractivity (Wildman–Crippen MR) is 77.9 cm³/mol. The lowest BCUT2D eigenvalue weighted by atomic mass is 9.85. The zero-order valence-corrected chi connectivity index (χ0v) is 11.9. The monoisotopic (exact) mass is 261 g/mol. The minimum Gasteiger partial charge on any atom is -0.334 e. The van der Waals surface area contributed by atoms with Gasteiger partial charge in [-0.15, -0.1) is 0 Å². The van der Waals surface area contributed by atoms with Gasteiger partial charge in [0.25, 0.3) is 5.91 Å². The Labute approximate surface area is 115 Å². The highest BCUT2D eigenvalue weighted by Crippen LogP contribution is 2.21. The first kappa shape index (κ1) is 14.1. The zero-order valence-electron chi connectivity index (χ0n) is 11.9. The topological polar surface area (TPSA) is 45.7 Å². The van der Waals surface area contributed by atoms with Gasteiger partial charge in [-0.05, 0) is 38.3 Å².